The van der Waals surface area contributed by atoms with Crippen LogP contribution in [0.1, 0.15) is 39.2 Å². The van der Waals surface area contributed by atoms with Crippen LogP contribution in [-0.4, -0.2) is 49.2 Å². The van der Waals surface area contributed by atoms with Gasteiger partial charge in [-0.05, 0) is 45.6 Å². The summed E-state index contributed by atoms with van der Waals surface area (Å²) in [5.74, 6) is 1.24. The fourth-order valence-corrected chi connectivity index (χ4v) is 3.05. The summed E-state index contributed by atoms with van der Waals surface area (Å²) in [6, 6.07) is 7.61. The van der Waals surface area contributed by atoms with E-state index in [1.807, 2.05) is 49.9 Å². The van der Waals surface area contributed by atoms with Crippen LogP contribution in [0.5, 0.6) is 5.75 Å². The molecule has 1 aromatic carbocycles. The van der Waals surface area contributed by atoms with Crippen molar-refractivity contribution in [3.63, 3.8) is 0 Å². The van der Waals surface area contributed by atoms with Crippen LogP contribution in [0.2, 0.25) is 0 Å². The van der Waals surface area contributed by atoms with Gasteiger partial charge in [-0.15, -0.1) is 0 Å². The highest BCUT2D eigenvalue weighted by Gasteiger charge is 2.24. The van der Waals surface area contributed by atoms with Crippen LogP contribution >= 0.6 is 0 Å². The van der Waals surface area contributed by atoms with Crippen molar-refractivity contribution in [2.24, 2.45) is 5.92 Å². The Balaban J connectivity index is 1.75. The molecule has 6 nitrogen and oxygen atoms in total. The van der Waals surface area contributed by atoms with E-state index in [-0.39, 0.29) is 12.0 Å². The van der Waals surface area contributed by atoms with E-state index in [4.69, 9.17) is 9.47 Å². The monoisotopic (exact) mass is 362 g/mol. The molecule has 0 unspecified atom stereocenters. The number of rotatable bonds is 5. The minimum atomic E-state index is -0.488. The van der Waals surface area contributed by atoms with Gasteiger partial charge < -0.3 is 19.7 Å². The van der Waals surface area contributed by atoms with Crippen LogP contribution in [0.4, 0.5) is 4.79 Å². The molecule has 1 heterocycles. The molecule has 0 bridgehead atoms. The fourth-order valence-electron chi connectivity index (χ4n) is 3.05. The van der Waals surface area contributed by atoms with Gasteiger partial charge in [0.25, 0.3) is 0 Å². The van der Waals surface area contributed by atoms with Gasteiger partial charge in [0.1, 0.15) is 11.4 Å². The summed E-state index contributed by atoms with van der Waals surface area (Å²) in [7, 11) is 1.62. The molecule has 1 aliphatic rings. The molecule has 0 radical (unpaired) electrons. The Bertz CT molecular complexity index is 616. The molecule has 2 amide bonds. The lowest BCUT2D eigenvalue weighted by Gasteiger charge is -2.32. The van der Waals surface area contributed by atoms with Gasteiger partial charge in [0.15, 0.2) is 0 Å². The first-order valence-electron chi connectivity index (χ1n) is 9.15. The zero-order valence-corrected chi connectivity index (χ0v) is 16.2. The van der Waals surface area contributed by atoms with E-state index in [2.05, 4.69) is 5.32 Å². The molecule has 144 valence electrons. The van der Waals surface area contributed by atoms with Crippen molar-refractivity contribution < 1.29 is 19.1 Å². The minimum Gasteiger partial charge on any atom is -0.496 e. The molecule has 0 aliphatic carbocycles. The van der Waals surface area contributed by atoms with E-state index in [1.165, 1.54) is 0 Å². The fraction of sp³-hybridized carbons (Fsp3) is 0.600. The molecule has 1 aliphatic heterocycles. The molecule has 0 aromatic heterocycles. The molecule has 1 saturated heterocycles. The lowest BCUT2D eigenvalue weighted by molar-refractivity contribution is -0.131. The Kier molecular flexibility index (Phi) is 6.89. The SMILES string of the molecule is COc1ccccc1CC(=O)N1CCC(CNC(=O)OC(C)(C)C)CC1. The van der Waals surface area contributed by atoms with Crippen LogP contribution in [0.25, 0.3) is 0 Å². The van der Waals surface area contributed by atoms with Crippen molar-refractivity contribution in [3.05, 3.63) is 29.8 Å². The molecule has 6 heteroatoms. The standard InChI is InChI=1S/C20H30N2O4/c1-20(2,3)26-19(24)21-14-15-9-11-22(12-10-15)18(23)13-16-7-5-6-8-17(16)25-4/h5-8,15H,9-14H2,1-4H3,(H,21,24). The molecule has 26 heavy (non-hydrogen) atoms. The van der Waals surface area contributed by atoms with Crippen molar-refractivity contribution in [1.29, 1.82) is 0 Å². The number of hydrogen-bond acceptors (Lipinski definition) is 4. The van der Waals surface area contributed by atoms with Gasteiger partial charge in [0.05, 0.1) is 13.5 Å². The van der Waals surface area contributed by atoms with Crippen molar-refractivity contribution in [1.82, 2.24) is 10.2 Å². The molecule has 1 fully saturated rings. The number of hydrogen-bond donors (Lipinski definition) is 1. The van der Waals surface area contributed by atoms with Gasteiger partial charge in [-0.25, -0.2) is 4.79 Å². The topological polar surface area (TPSA) is 67.9 Å². The molecule has 0 saturated carbocycles. The van der Waals surface area contributed by atoms with E-state index < -0.39 is 5.60 Å². The third-order valence-corrected chi connectivity index (χ3v) is 4.44. The summed E-state index contributed by atoms with van der Waals surface area (Å²) in [6.07, 6.45) is 1.73. The van der Waals surface area contributed by atoms with E-state index in [1.54, 1.807) is 7.11 Å². The van der Waals surface area contributed by atoms with Gasteiger partial charge in [-0.2, -0.15) is 0 Å². The number of ether oxygens (including phenoxy) is 2. The Hall–Kier alpha value is -2.24. The van der Waals surface area contributed by atoms with Crippen molar-refractivity contribution >= 4 is 12.0 Å². The van der Waals surface area contributed by atoms with E-state index in [9.17, 15) is 9.59 Å². The van der Waals surface area contributed by atoms with Crippen molar-refractivity contribution in [2.45, 2.75) is 45.6 Å². The number of para-hydroxylation sites is 1. The van der Waals surface area contributed by atoms with Crippen LogP contribution in [0.3, 0.4) is 0 Å². The summed E-state index contributed by atoms with van der Waals surface area (Å²) in [5, 5.41) is 2.83. The third-order valence-electron chi connectivity index (χ3n) is 4.44. The maximum absolute atomic E-state index is 12.5. The predicted molar refractivity (Wildman–Crippen MR) is 100 cm³/mol. The Labute approximate surface area is 155 Å². The van der Waals surface area contributed by atoms with Crippen molar-refractivity contribution in [3.8, 4) is 5.75 Å². The average Bonchev–Trinajstić information content (AvgIpc) is 2.59. The van der Waals surface area contributed by atoms with Gasteiger partial charge in [0.2, 0.25) is 5.91 Å². The first kappa shape index (κ1) is 20.1. The highest BCUT2D eigenvalue weighted by Crippen LogP contribution is 2.21. The number of carbonyl (C=O) groups is 2. The molecule has 2 rings (SSSR count). The number of piperidine rings is 1. The number of alkyl carbamates (subject to hydrolysis) is 1. The Morgan fingerprint density at radius 1 is 1.19 bits per heavy atom. The number of likely N-dealkylation sites (tertiary alicyclic amines) is 1. The van der Waals surface area contributed by atoms with Crippen molar-refractivity contribution in [2.75, 3.05) is 26.7 Å². The maximum Gasteiger partial charge on any atom is 0.407 e. The summed E-state index contributed by atoms with van der Waals surface area (Å²) in [4.78, 5) is 26.2. The lowest BCUT2D eigenvalue weighted by atomic mass is 9.96. The molecule has 0 spiro atoms. The number of methoxy groups -OCH3 is 1. The van der Waals surface area contributed by atoms with Gasteiger partial charge in [0, 0.05) is 25.2 Å². The molecule has 0 atom stereocenters. The van der Waals surface area contributed by atoms with E-state index in [0.29, 0.717) is 32.0 Å². The highest BCUT2D eigenvalue weighted by atomic mass is 16.6. The number of carbonyl (C=O) groups excluding carboxylic acids is 2. The Morgan fingerprint density at radius 3 is 2.46 bits per heavy atom. The van der Waals surface area contributed by atoms with Crippen LogP contribution in [0.15, 0.2) is 24.3 Å². The van der Waals surface area contributed by atoms with E-state index >= 15 is 0 Å². The number of nitrogens with zero attached hydrogens (tertiary/aromatic N) is 1. The molecule has 1 aromatic rings. The van der Waals surface area contributed by atoms with Crippen LogP contribution in [0, 0.1) is 5.92 Å². The maximum atomic E-state index is 12.5. The summed E-state index contributed by atoms with van der Waals surface area (Å²) >= 11 is 0. The minimum absolute atomic E-state index is 0.119. The second kappa shape index (κ2) is 8.92. The number of amides is 2. The lowest BCUT2D eigenvalue weighted by Crippen LogP contribution is -2.42. The highest BCUT2D eigenvalue weighted by molar-refractivity contribution is 5.79. The molecular weight excluding hydrogens is 332 g/mol. The smallest absolute Gasteiger partial charge is 0.407 e. The van der Waals surface area contributed by atoms with E-state index in [0.717, 1.165) is 24.2 Å². The number of nitrogens with one attached hydrogen (secondary N) is 1. The van der Waals surface area contributed by atoms with Gasteiger partial charge in [-0.1, -0.05) is 18.2 Å². The summed E-state index contributed by atoms with van der Waals surface area (Å²) in [6.45, 7) is 7.56. The summed E-state index contributed by atoms with van der Waals surface area (Å²) < 4.78 is 10.6. The molecular formula is C20H30N2O4. The third kappa shape index (κ3) is 6.24. The molecule has 1 N–H and O–H groups in total. The van der Waals surface area contributed by atoms with Crippen LogP contribution in [-0.2, 0) is 16.0 Å². The second-order valence-electron chi connectivity index (χ2n) is 7.70. The first-order valence-corrected chi connectivity index (χ1v) is 9.15. The largest absolute Gasteiger partial charge is 0.496 e. The first-order chi connectivity index (χ1) is 12.3. The number of benzene rings is 1. The Morgan fingerprint density at radius 2 is 1.85 bits per heavy atom. The normalized spacial score (nSPS) is 15.5. The predicted octanol–water partition coefficient (Wildman–Crippen LogP) is 3.00. The van der Waals surface area contributed by atoms with Gasteiger partial charge >= 0.3 is 6.09 Å². The summed E-state index contributed by atoms with van der Waals surface area (Å²) in [5.41, 5.74) is 0.423. The van der Waals surface area contributed by atoms with Crippen LogP contribution < -0.4 is 10.1 Å². The quantitative estimate of drug-likeness (QED) is 0.874. The average molecular weight is 362 g/mol. The second-order valence-corrected chi connectivity index (χ2v) is 7.70. The zero-order chi connectivity index (χ0) is 19.2. The zero-order valence-electron chi connectivity index (χ0n) is 16.2. The van der Waals surface area contributed by atoms with Gasteiger partial charge in [-0.3, -0.25) is 4.79 Å².